The fourth-order valence-corrected chi connectivity index (χ4v) is 0.957. The van der Waals surface area contributed by atoms with Gasteiger partial charge in [0, 0.05) is 6.54 Å². The van der Waals surface area contributed by atoms with Gasteiger partial charge < -0.3 is 10.1 Å². The fourth-order valence-electron chi connectivity index (χ4n) is 0.957. The van der Waals surface area contributed by atoms with E-state index in [2.05, 4.69) is 19.2 Å². The second-order valence-electron chi connectivity index (χ2n) is 3.92. The minimum absolute atomic E-state index is 0.0369. The van der Waals surface area contributed by atoms with Gasteiger partial charge in [-0.2, -0.15) is 0 Å². The Balaban J connectivity index is 3.27. The summed E-state index contributed by atoms with van der Waals surface area (Å²) in [7, 11) is 0. The second kappa shape index (κ2) is 6.75. The lowest BCUT2D eigenvalue weighted by molar-refractivity contribution is 0.115. The van der Waals surface area contributed by atoms with E-state index in [9.17, 15) is 4.79 Å². The highest BCUT2D eigenvalue weighted by atomic mass is 16.6. The van der Waals surface area contributed by atoms with Crippen molar-refractivity contribution in [2.24, 2.45) is 5.92 Å². The standard InChI is InChI=1S/C10H21NO2/c1-8(2)6-5-7-11-10(12)13-9(3)4/h8-9H,5-7H2,1-4H3,(H,11,12). The minimum atomic E-state index is -0.307. The van der Waals surface area contributed by atoms with Gasteiger partial charge >= 0.3 is 6.09 Å². The Morgan fingerprint density at radius 3 is 2.38 bits per heavy atom. The molecule has 0 aliphatic heterocycles. The van der Waals surface area contributed by atoms with E-state index in [1.165, 1.54) is 0 Å². The summed E-state index contributed by atoms with van der Waals surface area (Å²) in [4.78, 5) is 11.0. The number of rotatable bonds is 5. The molecule has 0 saturated carbocycles. The smallest absolute Gasteiger partial charge is 0.407 e. The average molecular weight is 187 g/mol. The van der Waals surface area contributed by atoms with Gasteiger partial charge in [-0.25, -0.2) is 4.79 Å². The van der Waals surface area contributed by atoms with Crippen molar-refractivity contribution in [1.29, 1.82) is 0 Å². The van der Waals surface area contributed by atoms with Crippen LogP contribution in [0.5, 0.6) is 0 Å². The van der Waals surface area contributed by atoms with Crippen LogP contribution in [0.15, 0.2) is 0 Å². The number of nitrogens with one attached hydrogen (secondary N) is 1. The van der Waals surface area contributed by atoms with Crippen molar-refractivity contribution in [2.45, 2.75) is 46.6 Å². The Morgan fingerprint density at radius 2 is 1.92 bits per heavy atom. The maximum atomic E-state index is 11.0. The van der Waals surface area contributed by atoms with Crippen LogP contribution in [0.3, 0.4) is 0 Å². The SMILES string of the molecule is CC(C)CCCNC(=O)OC(C)C. The maximum Gasteiger partial charge on any atom is 0.407 e. The second-order valence-corrected chi connectivity index (χ2v) is 3.92. The van der Waals surface area contributed by atoms with Gasteiger partial charge in [-0.15, -0.1) is 0 Å². The number of carbonyl (C=O) groups excluding carboxylic acids is 1. The molecule has 0 saturated heterocycles. The first-order chi connectivity index (χ1) is 6.02. The molecule has 0 aliphatic rings. The van der Waals surface area contributed by atoms with Gasteiger partial charge in [0.25, 0.3) is 0 Å². The van der Waals surface area contributed by atoms with Crippen LogP contribution in [0.4, 0.5) is 4.79 Å². The number of amides is 1. The van der Waals surface area contributed by atoms with Crippen LogP contribution in [0, 0.1) is 5.92 Å². The highest BCUT2D eigenvalue weighted by molar-refractivity contribution is 5.67. The van der Waals surface area contributed by atoms with E-state index in [1.54, 1.807) is 0 Å². The predicted octanol–water partition coefficient (Wildman–Crippen LogP) is 2.56. The summed E-state index contributed by atoms with van der Waals surface area (Å²) >= 11 is 0. The van der Waals surface area contributed by atoms with Crippen LogP contribution in [0.2, 0.25) is 0 Å². The summed E-state index contributed by atoms with van der Waals surface area (Å²) in [5, 5.41) is 2.71. The summed E-state index contributed by atoms with van der Waals surface area (Å²) in [6, 6.07) is 0. The molecule has 3 nitrogen and oxygen atoms in total. The summed E-state index contributed by atoms with van der Waals surface area (Å²) in [5.74, 6) is 0.697. The number of carbonyl (C=O) groups is 1. The van der Waals surface area contributed by atoms with Crippen molar-refractivity contribution in [2.75, 3.05) is 6.54 Å². The van der Waals surface area contributed by atoms with Crippen molar-refractivity contribution in [1.82, 2.24) is 5.32 Å². The molecule has 0 bridgehead atoms. The number of hydrogen-bond donors (Lipinski definition) is 1. The molecule has 1 N–H and O–H groups in total. The zero-order valence-corrected chi connectivity index (χ0v) is 9.09. The van der Waals surface area contributed by atoms with Crippen LogP contribution < -0.4 is 5.32 Å². The molecule has 0 rings (SSSR count). The lowest BCUT2D eigenvalue weighted by atomic mass is 10.1. The van der Waals surface area contributed by atoms with Crippen molar-refractivity contribution in [3.05, 3.63) is 0 Å². The van der Waals surface area contributed by atoms with Gasteiger partial charge in [0.2, 0.25) is 0 Å². The third kappa shape index (κ3) is 9.18. The van der Waals surface area contributed by atoms with Gasteiger partial charge in [-0.05, 0) is 32.6 Å². The Hall–Kier alpha value is -0.730. The van der Waals surface area contributed by atoms with Crippen molar-refractivity contribution in [3.63, 3.8) is 0 Å². The fraction of sp³-hybridized carbons (Fsp3) is 0.900. The van der Waals surface area contributed by atoms with Crippen LogP contribution in [0.1, 0.15) is 40.5 Å². The first-order valence-corrected chi connectivity index (χ1v) is 4.97. The van der Waals surface area contributed by atoms with Gasteiger partial charge in [0.1, 0.15) is 0 Å². The van der Waals surface area contributed by atoms with Crippen molar-refractivity contribution in [3.8, 4) is 0 Å². The Morgan fingerprint density at radius 1 is 1.31 bits per heavy atom. The normalized spacial score (nSPS) is 10.6. The Bertz CT molecular complexity index is 144. The zero-order valence-electron chi connectivity index (χ0n) is 9.09. The molecular formula is C10H21NO2. The summed E-state index contributed by atoms with van der Waals surface area (Å²) in [6.45, 7) is 8.74. The molecule has 0 unspecified atom stereocenters. The molecule has 0 aliphatic carbocycles. The average Bonchev–Trinajstić information content (AvgIpc) is 1.96. The predicted molar refractivity (Wildman–Crippen MR) is 53.7 cm³/mol. The van der Waals surface area contributed by atoms with Gasteiger partial charge in [0.05, 0.1) is 6.10 Å². The number of hydrogen-bond acceptors (Lipinski definition) is 2. The third-order valence-corrected chi connectivity index (χ3v) is 1.57. The molecule has 0 aromatic carbocycles. The molecule has 3 heteroatoms. The molecule has 0 spiro atoms. The molecule has 78 valence electrons. The molecule has 13 heavy (non-hydrogen) atoms. The van der Waals surface area contributed by atoms with E-state index in [-0.39, 0.29) is 12.2 Å². The summed E-state index contributed by atoms with van der Waals surface area (Å²) < 4.78 is 4.91. The van der Waals surface area contributed by atoms with E-state index in [4.69, 9.17) is 4.74 Å². The third-order valence-electron chi connectivity index (χ3n) is 1.57. The lowest BCUT2D eigenvalue weighted by Gasteiger charge is -2.09. The molecule has 1 amide bonds. The first-order valence-electron chi connectivity index (χ1n) is 4.97. The first kappa shape index (κ1) is 12.3. The quantitative estimate of drug-likeness (QED) is 0.672. The highest BCUT2D eigenvalue weighted by Crippen LogP contribution is 2.01. The van der Waals surface area contributed by atoms with E-state index >= 15 is 0 Å². The van der Waals surface area contributed by atoms with E-state index in [1.807, 2.05) is 13.8 Å². The van der Waals surface area contributed by atoms with Gasteiger partial charge in [-0.1, -0.05) is 13.8 Å². The topological polar surface area (TPSA) is 38.3 Å². The summed E-state index contributed by atoms with van der Waals surface area (Å²) in [6.07, 6.45) is 1.82. The van der Waals surface area contributed by atoms with Crippen LogP contribution in [-0.4, -0.2) is 18.7 Å². The largest absolute Gasteiger partial charge is 0.447 e. The van der Waals surface area contributed by atoms with E-state index in [0.717, 1.165) is 12.8 Å². The summed E-state index contributed by atoms with van der Waals surface area (Å²) in [5.41, 5.74) is 0. The van der Waals surface area contributed by atoms with E-state index < -0.39 is 0 Å². The zero-order chi connectivity index (χ0) is 10.3. The minimum Gasteiger partial charge on any atom is -0.447 e. The molecule has 0 fully saturated rings. The van der Waals surface area contributed by atoms with Crippen LogP contribution >= 0.6 is 0 Å². The van der Waals surface area contributed by atoms with E-state index in [0.29, 0.717) is 12.5 Å². The number of ether oxygens (including phenoxy) is 1. The molecule has 0 heterocycles. The molecule has 0 aromatic heterocycles. The lowest BCUT2D eigenvalue weighted by Crippen LogP contribution is -2.27. The van der Waals surface area contributed by atoms with Crippen LogP contribution in [-0.2, 0) is 4.74 Å². The molecule has 0 atom stereocenters. The Kier molecular flexibility index (Phi) is 6.37. The van der Waals surface area contributed by atoms with Crippen molar-refractivity contribution < 1.29 is 9.53 Å². The molecule has 0 aromatic rings. The highest BCUT2D eigenvalue weighted by Gasteiger charge is 2.03. The van der Waals surface area contributed by atoms with Crippen molar-refractivity contribution >= 4 is 6.09 Å². The maximum absolute atomic E-state index is 11.0. The van der Waals surface area contributed by atoms with Crippen LogP contribution in [0.25, 0.3) is 0 Å². The monoisotopic (exact) mass is 187 g/mol. The van der Waals surface area contributed by atoms with Gasteiger partial charge in [-0.3, -0.25) is 0 Å². The molecule has 0 radical (unpaired) electrons. The number of alkyl carbamates (subject to hydrolysis) is 1. The molecular weight excluding hydrogens is 166 g/mol. The van der Waals surface area contributed by atoms with Gasteiger partial charge in [0.15, 0.2) is 0 Å². The Labute approximate surface area is 80.8 Å².